The minimum atomic E-state index is -0.697. The van der Waals surface area contributed by atoms with Gasteiger partial charge in [0.25, 0.3) is 0 Å². The van der Waals surface area contributed by atoms with E-state index in [1.807, 2.05) is 0 Å². The molecule has 7 heteroatoms. The molecule has 19 heavy (non-hydrogen) atoms. The Bertz CT molecular complexity index is 264. The zero-order valence-corrected chi connectivity index (χ0v) is 12.6. The van der Waals surface area contributed by atoms with Gasteiger partial charge in [0.1, 0.15) is 19.3 Å². The monoisotopic (exact) mass is 313 g/mol. The highest BCUT2D eigenvalue weighted by molar-refractivity contribution is 6.18. The minimum Gasteiger partial charge on any atom is -0.463 e. The fraction of sp³-hybridized carbons (Fsp3) is 0.833. The van der Waals surface area contributed by atoms with E-state index < -0.39 is 18.1 Å². The van der Waals surface area contributed by atoms with Crippen LogP contribution in [0.3, 0.4) is 0 Å². The molecule has 0 aliphatic heterocycles. The van der Waals surface area contributed by atoms with E-state index in [4.69, 9.17) is 32.7 Å². The third-order valence-corrected chi connectivity index (χ3v) is 2.61. The summed E-state index contributed by atoms with van der Waals surface area (Å²) in [6.07, 6.45) is 2.69. The Kier molecular flexibility index (Phi) is 11.9. The van der Waals surface area contributed by atoms with Crippen LogP contribution in [0.4, 0.5) is 4.79 Å². The van der Waals surface area contributed by atoms with E-state index in [0.29, 0.717) is 6.42 Å². The van der Waals surface area contributed by atoms with Gasteiger partial charge in [0.05, 0.1) is 11.8 Å². The first-order valence-electron chi connectivity index (χ1n) is 6.37. The van der Waals surface area contributed by atoms with Gasteiger partial charge in [-0.25, -0.2) is 9.59 Å². The summed E-state index contributed by atoms with van der Waals surface area (Å²) in [6, 6.07) is -0.697. The number of hydrogen-bond acceptors (Lipinski definition) is 4. The van der Waals surface area contributed by atoms with Crippen LogP contribution in [0.5, 0.6) is 0 Å². The van der Waals surface area contributed by atoms with E-state index >= 15 is 0 Å². The van der Waals surface area contributed by atoms with Crippen LogP contribution < -0.4 is 5.32 Å². The second-order valence-electron chi connectivity index (χ2n) is 3.87. The maximum Gasteiger partial charge on any atom is 0.407 e. The largest absolute Gasteiger partial charge is 0.463 e. The van der Waals surface area contributed by atoms with E-state index in [1.54, 1.807) is 0 Å². The van der Waals surface area contributed by atoms with Crippen molar-refractivity contribution >= 4 is 35.3 Å². The molecular formula is C12H21Cl2NO4. The number of hydrogen-bond donors (Lipinski definition) is 1. The van der Waals surface area contributed by atoms with Gasteiger partial charge in [-0.15, -0.1) is 23.2 Å². The number of carbonyl (C=O) groups is 2. The van der Waals surface area contributed by atoms with Gasteiger partial charge in [0, 0.05) is 0 Å². The molecule has 0 aromatic rings. The first-order valence-corrected chi connectivity index (χ1v) is 7.44. The molecule has 0 fully saturated rings. The van der Waals surface area contributed by atoms with Gasteiger partial charge in [-0.3, -0.25) is 0 Å². The number of amides is 1. The third-order valence-electron chi connectivity index (χ3n) is 2.30. The normalized spacial score (nSPS) is 11.7. The zero-order chi connectivity index (χ0) is 14.5. The molecule has 0 aromatic heterocycles. The molecule has 0 aromatic carbocycles. The van der Waals surface area contributed by atoms with E-state index in [0.717, 1.165) is 19.3 Å². The first kappa shape index (κ1) is 18.3. The van der Waals surface area contributed by atoms with E-state index in [1.165, 1.54) is 0 Å². The Morgan fingerprint density at radius 1 is 1.11 bits per heavy atom. The topological polar surface area (TPSA) is 64.6 Å². The lowest BCUT2D eigenvalue weighted by Gasteiger charge is -2.17. The highest BCUT2D eigenvalue weighted by Crippen LogP contribution is 2.06. The molecule has 1 N–H and O–H groups in total. The van der Waals surface area contributed by atoms with E-state index in [9.17, 15) is 9.59 Å². The maximum atomic E-state index is 11.7. The smallest absolute Gasteiger partial charge is 0.407 e. The van der Waals surface area contributed by atoms with Crippen LogP contribution in [0.2, 0.25) is 0 Å². The molecule has 112 valence electrons. The number of rotatable bonds is 10. The first-order chi connectivity index (χ1) is 9.15. The fourth-order valence-corrected chi connectivity index (χ4v) is 1.56. The second-order valence-corrected chi connectivity index (χ2v) is 4.63. The summed E-state index contributed by atoms with van der Waals surface area (Å²) in [6.45, 7) is 2.29. The van der Waals surface area contributed by atoms with Crippen molar-refractivity contribution in [1.29, 1.82) is 0 Å². The van der Waals surface area contributed by atoms with Crippen LogP contribution in [-0.4, -0.2) is 43.1 Å². The number of unbranched alkanes of at least 4 members (excludes halogenated alkanes) is 2. The van der Waals surface area contributed by atoms with Crippen molar-refractivity contribution in [3.63, 3.8) is 0 Å². The van der Waals surface area contributed by atoms with Crippen LogP contribution in [0.1, 0.15) is 32.6 Å². The van der Waals surface area contributed by atoms with Gasteiger partial charge in [0.2, 0.25) is 0 Å². The van der Waals surface area contributed by atoms with Crippen molar-refractivity contribution < 1.29 is 19.1 Å². The molecule has 0 spiro atoms. The number of carbonyl (C=O) groups excluding carboxylic acids is 2. The Morgan fingerprint density at radius 3 is 2.32 bits per heavy atom. The molecule has 0 aliphatic rings. The molecule has 1 amide bonds. The molecule has 0 bridgehead atoms. The molecule has 0 heterocycles. The molecule has 1 atom stereocenters. The van der Waals surface area contributed by atoms with Crippen LogP contribution in [0.25, 0.3) is 0 Å². The summed E-state index contributed by atoms with van der Waals surface area (Å²) >= 11 is 10.9. The highest BCUT2D eigenvalue weighted by atomic mass is 35.5. The maximum absolute atomic E-state index is 11.7. The molecule has 0 radical (unpaired) electrons. The summed E-state index contributed by atoms with van der Waals surface area (Å²) in [7, 11) is 0. The van der Waals surface area contributed by atoms with Crippen molar-refractivity contribution in [2.75, 3.05) is 25.0 Å². The summed E-state index contributed by atoms with van der Waals surface area (Å²) in [5.74, 6) is -0.0473. The highest BCUT2D eigenvalue weighted by Gasteiger charge is 2.22. The average Bonchev–Trinajstić information content (AvgIpc) is 2.41. The number of esters is 1. The molecule has 1 unspecified atom stereocenters. The van der Waals surface area contributed by atoms with Gasteiger partial charge in [-0.05, 0) is 6.42 Å². The Labute approximate surface area is 123 Å². The Balaban J connectivity index is 4.22. The van der Waals surface area contributed by atoms with Crippen molar-refractivity contribution in [2.45, 2.75) is 38.6 Å². The zero-order valence-electron chi connectivity index (χ0n) is 11.1. The van der Waals surface area contributed by atoms with Gasteiger partial charge in [-0.1, -0.05) is 26.2 Å². The predicted octanol–water partition coefficient (Wildman–Crippen LogP) is 2.68. The molecular weight excluding hydrogens is 293 g/mol. The van der Waals surface area contributed by atoms with Gasteiger partial charge in [0.15, 0.2) is 0 Å². The lowest BCUT2D eigenvalue weighted by atomic mass is 10.1. The number of halogens is 2. The molecule has 0 saturated heterocycles. The summed E-state index contributed by atoms with van der Waals surface area (Å²) in [4.78, 5) is 23.1. The second kappa shape index (κ2) is 12.4. The number of nitrogens with one attached hydrogen (secondary N) is 1. The molecule has 0 rings (SSSR count). The number of ether oxygens (including phenoxy) is 2. The Morgan fingerprint density at radius 2 is 1.74 bits per heavy atom. The van der Waals surface area contributed by atoms with E-state index in [2.05, 4.69) is 12.2 Å². The van der Waals surface area contributed by atoms with E-state index in [-0.39, 0.29) is 25.0 Å². The quantitative estimate of drug-likeness (QED) is 0.382. The van der Waals surface area contributed by atoms with Crippen LogP contribution in [0, 0.1) is 0 Å². The summed E-state index contributed by atoms with van der Waals surface area (Å²) in [5, 5.41) is 2.48. The standard InChI is InChI=1S/C12H21Cl2NO4/c1-2-3-4-5-10(11(16)18-8-6-13)15-12(17)19-9-7-14/h10H,2-9H2,1H3,(H,15,17). The van der Waals surface area contributed by atoms with Crippen molar-refractivity contribution in [2.24, 2.45) is 0 Å². The van der Waals surface area contributed by atoms with Gasteiger partial charge < -0.3 is 14.8 Å². The lowest BCUT2D eigenvalue weighted by molar-refractivity contribution is -0.145. The fourth-order valence-electron chi connectivity index (χ4n) is 1.40. The minimum absolute atomic E-state index is 0.103. The molecule has 5 nitrogen and oxygen atoms in total. The number of alkyl halides is 2. The Hall–Kier alpha value is -0.680. The van der Waals surface area contributed by atoms with Gasteiger partial charge >= 0.3 is 12.1 Å². The summed E-state index contributed by atoms with van der Waals surface area (Å²) < 4.78 is 9.69. The van der Waals surface area contributed by atoms with Crippen LogP contribution in [0.15, 0.2) is 0 Å². The average molecular weight is 314 g/mol. The van der Waals surface area contributed by atoms with Gasteiger partial charge in [-0.2, -0.15) is 0 Å². The van der Waals surface area contributed by atoms with Crippen LogP contribution >= 0.6 is 23.2 Å². The molecule has 0 saturated carbocycles. The SMILES string of the molecule is CCCCCC(NC(=O)OCCCl)C(=O)OCCCl. The lowest BCUT2D eigenvalue weighted by Crippen LogP contribution is -2.42. The van der Waals surface area contributed by atoms with Crippen molar-refractivity contribution in [3.8, 4) is 0 Å². The predicted molar refractivity (Wildman–Crippen MR) is 74.8 cm³/mol. The van der Waals surface area contributed by atoms with Crippen molar-refractivity contribution in [1.82, 2.24) is 5.32 Å². The number of alkyl carbamates (subject to hydrolysis) is 1. The van der Waals surface area contributed by atoms with Crippen LogP contribution in [-0.2, 0) is 14.3 Å². The third kappa shape index (κ3) is 9.85. The molecule has 0 aliphatic carbocycles. The van der Waals surface area contributed by atoms with Crippen molar-refractivity contribution in [3.05, 3.63) is 0 Å². The summed E-state index contributed by atoms with van der Waals surface area (Å²) in [5.41, 5.74) is 0.